The quantitative estimate of drug-likeness (QED) is 0.744. The van der Waals surface area contributed by atoms with E-state index in [1.807, 2.05) is 11.8 Å². The molecule has 5 heteroatoms. The topological polar surface area (TPSA) is 35.9 Å². The second-order valence-electron chi connectivity index (χ2n) is 7.56. The molecule has 2 atom stereocenters. The number of piperazine rings is 1. The second-order valence-corrected chi connectivity index (χ2v) is 9.23. The molecule has 1 amide bonds. The van der Waals surface area contributed by atoms with Gasteiger partial charge in [0.1, 0.15) is 0 Å². The van der Waals surface area contributed by atoms with E-state index in [2.05, 4.69) is 28.6 Å². The van der Waals surface area contributed by atoms with Crippen LogP contribution in [0.2, 0.25) is 0 Å². The lowest BCUT2D eigenvalue weighted by molar-refractivity contribution is -0.134. The van der Waals surface area contributed by atoms with Crippen LogP contribution in [0.15, 0.2) is 4.99 Å². The molecule has 0 radical (unpaired) electrons. The van der Waals surface area contributed by atoms with Crippen LogP contribution in [0.5, 0.6) is 0 Å². The summed E-state index contributed by atoms with van der Waals surface area (Å²) in [5, 5.41) is 1.19. The molecule has 4 nitrogen and oxygen atoms in total. The van der Waals surface area contributed by atoms with E-state index in [0.717, 1.165) is 44.6 Å². The highest BCUT2D eigenvalue weighted by molar-refractivity contribution is 8.15. The fourth-order valence-corrected chi connectivity index (χ4v) is 5.32. The average molecular weight is 307 g/mol. The van der Waals surface area contributed by atoms with Crippen molar-refractivity contribution in [3.8, 4) is 0 Å². The maximum Gasteiger partial charge on any atom is 0.226 e. The van der Waals surface area contributed by atoms with Gasteiger partial charge >= 0.3 is 0 Å². The summed E-state index contributed by atoms with van der Waals surface area (Å²) in [6, 6.07) is 0. The number of hydrogen-bond donors (Lipinski definition) is 0. The van der Waals surface area contributed by atoms with Gasteiger partial charge in [0.2, 0.25) is 5.91 Å². The normalized spacial score (nSPS) is 37.4. The third kappa shape index (κ3) is 2.47. The Hall–Kier alpha value is -0.710. The van der Waals surface area contributed by atoms with Gasteiger partial charge in [-0.25, -0.2) is 0 Å². The number of fused-ring (bicyclic) bond motifs is 1. The minimum absolute atomic E-state index is 0.244. The van der Waals surface area contributed by atoms with Gasteiger partial charge in [-0.15, -0.1) is 0 Å². The van der Waals surface area contributed by atoms with E-state index in [9.17, 15) is 4.79 Å². The van der Waals surface area contributed by atoms with Crippen LogP contribution in [0, 0.1) is 17.8 Å². The Morgan fingerprint density at radius 1 is 1.19 bits per heavy atom. The SMILES string of the molecule is CC1(C)CN=C(N2CCN(C(=O)C3C4CCCC43)CC2)S1. The first kappa shape index (κ1) is 13.9. The molecule has 2 heterocycles. The van der Waals surface area contributed by atoms with Crippen LogP contribution in [0.25, 0.3) is 0 Å². The molecule has 0 bridgehead atoms. The molecular formula is C16H25N3OS. The Morgan fingerprint density at radius 2 is 1.86 bits per heavy atom. The summed E-state index contributed by atoms with van der Waals surface area (Å²) in [6.45, 7) is 9.09. The summed E-state index contributed by atoms with van der Waals surface area (Å²) in [6.07, 6.45) is 3.94. The van der Waals surface area contributed by atoms with Crippen LogP contribution in [-0.4, -0.2) is 58.3 Å². The molecule has 4 aliphatic rings. The number of amides is 1. The highest BCUT2D eigenvalue weighted by Crippen LogP contribution is 2.58. The molecule has 4 rings (SSSR count). The molecule has 0 aromatic rings. The van der Waals surface area contributed by atoms with Gasteiger partial charge in [-0.05, 0) is 38.5 Å². The zero-order chi connectivity index (χ0) is 14.6. The van der Waals surface area contributed by atoms with Crippen molar-refractivity contribution in [3.63, 3.8) is 0 Å². The van der Waals surface area contributed by atoms with Gasteiger partial charge in [0.05, 0.1) is 6.54 Å². The first-order valence-corrected chi connectivity index (χ1v) is 9.14. The van der Waals surface area contributed by atoms with Crippen molar-refractivity contribution in [1.82, 2.24) is 9.80 Å². The van der Waals surface area contributed by atoms with Crippen molar-refractivity contribution in [3.05, 3.63) is 0 Å². The van der Waals surface area contributed by atoms with Crippen LogP contribution in [0.4, 0.5) is 0 Å². The van der Waals surface area contributed by atoms with Gasteiger partial charge in [0.15, 0.2) is 5.17 Å². The molecule has 0 aromatic carbocycles. The number of hydrogen-bond acceptors (Lipinski definition) is 4. The van der Waals surface area contributed by atoms with Gasteiger partial charge in [-0.3, -0.25) is 9.79 Å². The van der Waals surface area contributed by atoms with Crippen LogP contribution in [-0.2, 0) is 4.79 Å². The predicted molar refractivity (Wildman–Crippen MR) is 86.4 cm³/mol. The number of aliphatic imine (C=N–C) groups is 1. The van der Waals surface area contributed by atoms with E-state index in [1.165, 1.54) is 24.4 Å². The van der Waals surface area contributed by atoms with E-state index in [4.69, 9.17) is 0 Å². The maximum atomic E-state index is 12.6. The standard InChI is InChI=1S/C16H25N3OS/c1-16(2)10-17-15(21-16)19-8-6-18(7-9-19)14(20)13-11-4-3-5-12(11)13/h11-13H,3-10H2,1-2H3. The van der Waals surface area contributed by atoms with Crippen LogP contribution in [0.3, 0.4) is 0 Å². The summed E-state index contributed by atoms with van der Waals surface area (Å²) in [5.41, 5.74) is 0. The number of rotatable bonds is 1. The Labute approximate surface area is 131 Å². The fraction of sp³-hybridized carbons (Fsp3) is 0.875. The van der Waals surface area contributed by atoms with E-state index in [1.54, 1.807) is 0 Å². The fourth-order valence-electron chi connectivity index (χ4n) is 4.25. The zero-order valence-electron chi connectivity index (χ0n) is 13.0. The van der Waals surface area contributed by atoms with Crippen LogP contribution < -0.4 is 0 Å². The van der Waals surface area contributed by atoms with Gasteiger partial charge < -0.3 is 9.80 Å². The predicted octanol–water partition coefficient (Wildman–Crippen LogP) is 2.06. The Bertz CT molecular complexity index is 472. The van der Waals surface area contributed by atoms with Crippen molar-refractivity contribution < 1.29 is 4.79 Å². The largest absolute Gasteiger partial charge is 0.348 e. The molecule has 0 aromatic heterocycles. The Kier molecular flexibility index (Phi) is 3.25. The van der Waals surface area contributed by atoms with Gasteiger partial charge in [0.25, 0.3) is 0 Å². The molecule has 1 saturated heterocycles. The average Bonchev–Trinajstić information content (AvgIpc) is 2.82. The molecule has 21 heavy (non-hydrogen) atoms. The van der Waals surface area contributed by atoms with Crippen LogP contribution in [0.1, 0.15) is 33.1 Å². The molecule has 2 aliphatic carbocycles. The number of carbonyl (C=O) groups excluding carboxylic acids is 1. The molecule has 3 fully saturated rings. The summed E-state index contributed by atoms with van der Waals surface area (Å²) in [4.78, 5) is 21.7. The number of nitrogens with zero attached hydrogens (tertiary/aromatic N) is 3. The Balaban J connectivity index is 1.30. The minimum Gasteiger partial charge on any atom is -0.348 e. The number of thioether (sulfide) groups is 1. The molecule has 2 unspecified atom stereocenters. The van der Waals surface area contributed by atoms with Crippen LogP contribution >= 0.6 is 11.8 Å². The third-order valence-corrected chi connectivity index (χ3v) is 6.77. The summed E-state index contributed by atoms with van der Waals surface area (Å²) in [7, 11) is 0. The molecule has 0 N–H and O–H groups in total. The maximum absolute atomic E-state index is 12.6. The lowest BCUT2D eigenvalue weighted by atomic mass is 10.1. The van der Waals surface area contributed by atoms with Crippen molar-refractivity contribution in [2.75, 3.05) is 32.7 Å². The first-order chi connectivity index (χ1) is 10.1. The van der Waals surface area contributed by atoms with E-state index < -0.39 is 0 Å². The molecule has 116 valence electrons. The van der Waals surface area contributed by atoms with E-state index in [0.29, 0.717) is 11.8 Å². The smallest absolute Gasteiger partial charge is 0.226 e. The molecule has 2 aliphatic heterocycles. The third-order valence-electron chi connectivity index (χ3n) is 5.52. The lowest BCUT2D eigenvalue weighted by Crippen LogP contribution is -2.50. The minimum atomic E-state index is 0.244. The molecule has 0 spiro atoms. The van der Waals surface area contributed by atoms with E-state index in [-0.39, 0.29) is 4.75 Å². The van der Waals surface area contributed by atoms with Gasteiger partial charge in [-0.1, -0.05) is 18.2 Å². The highest BCUT2D eigenvalue weighted by Gasteiger charge is 2.57. The second kappa shape index (κ2) is 4.90. The number of amidine groups is 1. The monoisotopic (exact) mass is 307 g/mol. The summed E-state index contributed by atoms with van der Waals surface area (Å²) >= 11 is 1.89. The summed E-state index contributed by atoms with van der Waals surface area (Å²) in [5.74, 6) is 2.32. The zero-order valence-corrected chi connectivity index (χ0v) is 13.9. The van der Waals surface area contributed by atoms with E-state index >= 15 is 0 Å². The lowest BCUT2D eigenvalue weighted by Gasteiger charge is -2.36. The molecular weight excluding hydrogens is 282 g/mol. The summed E-state index contributed by atoms with van der Waals surface area (Å²) < 4.78 is 0.244. The molecule has 2 saturated carbocycles. The highest BCUT2D eigenvalue weighted by atomic mass is 32.2. The number of carbonyl (C=O) groups is 1. The van der Waals surface area contributed by atoms with Gasteiger partial charge in [-0.2, -0.15) is 0 Å². The van der Waals surface area contributed by atoms with Crippen molar-refractivity contribution in [2.24, 2.45) is 22.7 Å². The van der Waals surface area contributed by atoms with Crippen molar-refractivity contribution >= 4 is 22.8 Å². The van der Waals surface area contributed by atoms with Crippen molar-refractivity contribution in [2.45, 2.75) is 37.9 Å². The van der Waals surface area contributed by atoms with Crippen molar-refractivity contribution in [1.29, 1.82) is 0 Å². The van der Waals surface area contributed by atoms with Gasteiger partial charge in [0, 0.05) is 36.8 Å². The first-order valence-electron chi connectivity index (χ1n) is 8.32. The Morgan fingerprint density at radius 3 is 2.43 bits per heavy atom.